The first-order valence-electron chi connectivity index (χ1n) is 4.26. The Morgan fingerprint density at radius 3 is 3.00 bits per heavy atom. The molecule has 0 radical (unpaired) electrons. The second kappa shape index (κ2) is 4.81. The second-order valence-electron chi connectivity index (χ2n) is 3.17. The molecule has 3 N–H and O–H groups in total. The molecule has 72 valence electrons. The van der Waals surface area contributed by atoms with Crippen molar-refractivity contribution in [3.05, 3.63) is 10.4 Å². The first kappa shape index (κ1) is 9.98. The van der Waals surface area contributed by atoms with Crippen LogP contribution in [0, 0.1) is 0 Å². The van der Waals surface area contributed by atoms with Crippen molar-refractivity contribution < 1.29 is 4.79 Å². The van der Waals surface area contributed by atoms with Crippen molar-refractivity contribution in [2.75, 3.05) is 6.54 Å². The Labute approximate surface area is 76.1 Å². The van der Waals surface area contributed by atoms with Gasteiger partial charge in [-0.2, -0.15) is 0 Å². The minimum atomic E-state index is -0.307. The summed E-state index contributed by atoms with van der Waals surface area (Å²) in [7, 11) is 0. The summed E-state index contributed by atoms with van der Waals surface area (Å²) in [6.07, 6.45) is 2.26. The Kier molecular flexibility index (Phi) is 3.70. The molecule has 1 fully saturated rings. The van der Waals surface area contributed by atoms with Gasteiger partial charge in [0.1, 0.15) is 6.29 Å². The maximum Gasteiger partial charge on any atom is 0.138 e. The van der Waals surface area contributed by atoms with Crippen LogP contribution in [0.2, 0.25) is 0 Å². The number of carbonyl (C=O) groups is 1. The predicted octanol–water partition coefficient (Wildman–Crippen LogP) is -0.0565. The number of nitrogens with zero attached hydrogens (tertiary/aromatic N) is 3. The van der Waals surface area contributed by atoms with E-state index in [1.54, 1.807) is 0 Å². The van der Waals surface area contributed by atoms with Gasteiger partial charge in [0.2, 0.25) is 0 Å². The molecule has 6 nitrogen and oxygen atoms in total. The topological polar surface area (TPSA) is 104 Å². The first-order chi connectivity index (χ1) is 6.27. The highest BCUT2D eigenvalue weighted by Crippen LogP contribution is 2.10. The van der Waals surface area contributed by atoms with E-state index in [0.717, 1.165) is 12.7 Å². The first-order valence-corrected chi connectivity index (χ1v) is 4.26. The predicted molar refractivity (Wildman–Crippen MR) is 48.0 cm³/mol. The van der Waals surface area contributed by atoms with Gasteiger partial charge in [-0.3, -0.25) is 0 Å². The minimum absolute atomic E-state index is 0.0824. The Morgan fingerprint density at radius 2 is 2.38 bits per heavy atom. The monoisotopic (exact) mass is 183 g/mol. The highest BCUT2D eigenvalue weighted by Gasteiger charge is 2.22. The van der Waals surface area contributed by atoms with Crippen molar-refractivity contribution in [2.45, 2.75) is 31.0 Å². The van der Waals surface area contributed by atoms with Gasteiger partial charge in [-0.15, -0.1) is 0 Å². The molecule has 1 saturated heterocycles. The molecular formula is C7H13N5O. The Balaban J connectivity index is 2.55. The average Bonchev–Trinajstić information content (AvgIpc) is 2.30. The van der Waals surface area contributed by atoms with Crippen molar-refractivity contribution in [2.24, 2.45) is 10.8 Å². The Hall–Kier alpha value is -1.10. The second-order valence-corrected chi connectivity index (χ2v) is 3.17. The zero-order chi connectivity index (χ0) is 9.68. The van der Waals surface area contributed by atoms with Crippen LogP contribution < -0.4 is 11.1 Å². The van der Waals surface area contributed by atoms with Crippen LogP contribution in [0.1, 0.15) is 12.8 Å². The van der Waals surface area contributed by atoms with Crippen LogP contribution in [-0.4, -0.2) is 31.0 Å². The third kappa shape index (κ3) is 2.69. The summed E-state index contributed by atoms with van der Waals surface area (Å²) in [5.41, 5.74) is 13.9. The summed E-state index contributed by atoms with van der Waals surface area (Å²) in [6.45, 7) is 0.529. The molecule has 0 bridgehead atoms. The van der Waals surface area contributed by atoms with Crippen LogP contribution in [0.4, 0.5) is 0 Å². The van der Waals surface area contributed by atoms with Crippen molar-refractivity contribution in [3.8, 4) is 0 Å². The van der Waals surface area contributed by atoms with Gasteiger partial charge in [0.25, 0.3) is 0 Å². The fraction of sp³-hybridized carbons (Fsp3) is 0.857. The standard InChI is InChI=1S/C7H13N5O/c8-6-2-1-5(11-12-9)3-10-7(6)4-13/h4-7,10H,1-3,8H2. The summed E-state index contributed by atoms with van der Waals surface area (Å²) in [5, 5.41) is 6.55. The van der Waals surface area contributed by atoms with E-state index in [-0.39, 0.29) is 18.1 Å². The van der Waals surface area contributed by atoms with Crippen molar-refractivity contribution in [1.29, 1.82) is 0 Å². The summed E-state index contributed by atoms with van der Waals surface area (Å²) in [5.74, 6) is 0. The maximum absolute atomic E-state index is 10.5. The number of hydrogen-bond acceptors (Lipinski definition) is 4. The van der Waals surface area contributed by atoms with Crippen molar-refractivity contribution in [3.63, 3.8) is 0 Å². The number of carbonyl (C=O) groups excluding carboxylic acids is 1. The summed E-state index contributed by atoms with van der Waals surface area (Å²) in [4.78, 5) is 13.3. The lowest BCUT2D eigenvalue weighted by Crippen LogP contribution is -2.45. The van der Waals surface area contributed by atoms with Gasteiger partial charge in [-0.05, 0) is 18.4 Å². The molecule has 3 atom stereocenters. The number of nitrogens with two attached hydrogens (primary N) is 1. The zero-order valence-electron chi connectivity index (χ0n) is 7.26. The SMILES string of the molecule is [N-]=[N+]=NC1CCC(N)C(C=O)NC1. The molecule has 1 rings (SSSR count). The normalized spacial score (nSPS) is 34.4. The molecule has 0 aromatic rings. The van der Waals surface area contributed by atoms with Crippen LogP contribution in [0.5, 0.6) is 0 Å². The lowest BCUT2D eigenvalue weighted by atomic mass is 10.1. The van der Waals surface area contributed by atoms with Gasteiger partial charge in [0, 0.05) is 23.5 Å². The number of nitrogens with one attached hydrogen (secondary N) is 1. The molecule has 0 saturated carbocycles. The molecule has 13 heavy (non-hydrogen) atoms. The lowest BCUT2D eigenvalue weighted by Gasteiger charge is -2.14. The summed E-state index contributed by atoms with van der Waals surface area (Å²) >= 11 is 0. The quantitative estimate of drug-likeness (QED) is 0.271. The fourth-order valence-corrected chi connectivity index (χ4v) is 1.41. The Morgan fingerprint density at radius 1 is 1.62 bits per heavy atom. The van der Waals surface area contributed by atoms with Gasteiger partial charge in [0.05, 0.1) is 6.04 Å². The molecule has 3 unspecified atom stereocenters. The van der Waals surface area contributed by atoms with Crippen molar-refractivity contribution in [1.82, 2.24) is 5.32 Å². The number of rotatable bonds is 2. The van der Waals surface area contributed by atoms with Gasteiger partial charge in [-0.25, -0.2) is 0 Å². The minimum Gasteiger partial charge on any atom is -0.326 e. The maximum atomic E-state index is 10.5. The van der Waals surface area contributed by atoms with Crippen LogP contribution in [0.25, 0.3) is 10.4 Å². The highest BCUT2D eigenvalue weighted by molar-refractivity contribution is 5.59. The molecule has 0 spiro atoms. The molecule has 0 aromatic carbocycles. The molecule has 6 heteroatoms. The van der Waals surface area contributed by atoms with Crippen LogP contribution in [-0.2, 0) is 4.79 Å². The molecular weight excluding hydrogens is 170 g/mol. The van der Waals surface area contributed by atoms with Crippen molar-refractivity contribution >= 4 is 6.29 Å². The average molecular weight is 183 g/mol. The number of aldehydes is 1. The molecule has 0 aliphatic carbocycles. The number of hydrogen-bond donors (Lipinski definition) is 2. The molecule has 1 heterocycles. The summed E-state index contributed by atoms with van der Waals surface area (Å²) < 4.78 is 0. The Bertz CT molecular complexity index is 225. The van der Waals surface area contributed by atoms with E-state index in [1.165, 1.54) is 0 Å². The van der Waals surface area contributed by atoms with Gasteiger partial charge < -0.3 is 15.8 Å². The van der Waals surface area contributed by atoms with E-state index in [9.17, 15) is 4.79 Å². The zero-order valence-corrected chi connectivity index (χ0v) is 7.26. The smallest absolute Gasteiger partial charge is 0.138 e. The van der Waals surface area contributed by atoms with E-state index in [0.29, 0.717) is 13.0 Å². The molecule has 1 aliphatic heterocycles. The third-order valence-corrected chi connectivity index (χ3v) is 2.25. The lowest BCUT2D eigenvalue weighted by molar-refractivity contribution is -0.109. The van der Waals surface area contributed by atoms with Crippen LogP contribution in [0.15, 0.2) is 5.11 Å². The molecule has 0 amide bonds. The third-order valence-electron chi connectivity index (χ3n) is 2.25. The molecule has 0 aromatic heterocycles. The molecule has 1 aliphatic rings. The van der Waals surface area contributed by atoms with E-state index < -0.39 is 0 Å². The van der Waals surface area contributed by atoms with Crippen LogP contribution in [0.3, 0.4) is 0 Å². The van der Waals surface area contributed by atoms with Gasteiger partial charge in [-0.1, -0.05) is 5.11 Å². The van der Waals surface area contributed by atoms with E-state index in [2.05, 4.69) is 15.3 Å². The largest absolute Gasteiger partial charge is 0.326 e. The highest BCUT2D eigenvalue weighted by atomic mass is 16.1. The summed E-state index contributed by atoms with van der Waals surface area (Å²) in [6, 6.07) is -0.559. The van der Waals surface area contributed by atoms with Crippen LogP contribution >= 0.6 is 0 Å². The van der Waals surface area contributed by atoms with Gasteiger partial charge >= 0.3 is 0 Å². The van der Waals surface area contributed by atoms with E-state index in [4.69, 9.17) is 11.3 Å². The van der Waals surface area contributed by atoms with E-state index in [1.807, 2.05) is 0 Å². The van der Waals surface area contributed by atoms with E-state index >= 15 is 0 Å². The fourth-order valence-electron chi connectivity index (χ4n) is 1.41. The van der Waals surface area contributed by atoms with Gasteiger partial charge in [0.15, 0.2) is 0 Å². The number of azide groups is 1.